The highest BCUT2D eigenvalue weighted by Crippen LogP contribution is 1.61. The van der Waals surface area contributed by atoms with Crippen molar-refractivity contribution in [3.8, 4) is 0 Å². The summed E-state index contributed by atoms with van der Waals surface area (Å²) in [4.78, 5) is 10.9. The van der Waals surface area contributed by atoms with Crippen molar-refractivity contribution in [2.75, 3.05) is 20.7 Å². The molecule has 0 aromatic rings. The minimum absolute atomic E-state index is 0.319. The van der Waals surface area contributed by atoms with Crippen LogP contribution in [0.4, 0.5) is 0 Å². The molecule has 0 aliphatic carbocycles. The zero-order valence-corrected chi connectivity index (χ0v) is 6.29. The Morgan fingerprint density at radius 1 is 1.56 bits per heavy atom. The van der Waals surface area contributed by atoms with Crippen molar-refractivity contribution in [3.05, 3.63) is 0 Å². The fourth-order valence-corrected chi connectivity index (χ4v) is 0. The molecule has 0 aliphatic rings. The van der Waals surface area contributed by atoms with Crippen molar-refractivity contribution >= 4 is 6.41 Å². The lowest BCUT2D eigenvalue weighted by atomic mass is 10.5. The van der Waals surface area contributed by atoms with Crippen molar-refractivity contribution in [2.45, 2.75) is 13.3 Å². The lowest BCUT2D eigenvalue weighted by molar-refractivity contribution is -0.115. The van der Waals surface area contributed by atoms with E-state index in [1.807, 2.05) is 6.92 Å². The predicted molar refractivity (Wildman–Crippen MR) is 37.1 cm³/mol. The van der Waals surface area contributed by atoms with Gasteiger partial charge in [0.2, 0.25) is 6.41 Å². The second kappa shape index (κ2) is 10.4. The molecule has 0 aromatic carbocycles. The number of carbonyl (C=O) groups is 1. The van der Waals surface area contributed by atoms with Gasteiger partial charge in [0, 0.05) is 20.7 Å². The van der Waals surface area contributed by atoms with Gasteiger partial charge in [-0.15, -0.1) is 0 Å². The maximum atomic E-state index is 9.43. The van der Waals surface area contributed by atoms with Crippen LogP contribution in [0.5, 0.6) is 0 Å². The van der Waals surface area contributed by atoms with E-state index in [0.717, 1.165) is 12.8 Å². The predicted octanol–water partition coefficient (Wildman–Crippen LogP) is 0.0931. The lowest BCUT2D eigenvalue weighted by Crippen LogP contribution is -2.06. The molecule has 3 nitrogen and oxygen atoms in total. The molecule has 1 N–H and O–H groups in total. The largest absolute Gasteiger partial charge is 0.396 e. The number of nitrogens with zero attached hydrogens (tertiary/aromatic N) is 1. The van der Waals surface area contributed by atoms with Gasteiger partial charge in [0.15, 0.2) is 0 Å². The topological polar surface area (TPSA) is 40.5 Å². The summed E-state index contributed by atoms with van der Waals surface area (Å²) < 4.78 is 0. The van der Waals surface area contributed by atoms with Crippen LogP contribution in [-0.2, 0) is 4.79 Å². The Labute approximate surface area is 56.3 Å². The van der Waals surface area contributed by atoms with Crippen LogP contribution in [0.2, 0.25) is 0 Å². The number of hydrogen-bond acceptors (Lipinski definition) is 2. The molecular weight excluding hydrogens is 118 g/mol. The molecule has 56 valence electrons. The van der Waals surface area contributed by atoms with Gasteiger partial charge in [0.05, 0.1) is 0 Å². The summed E-state index contributed by atoms with van der Waals surface area (Å²) in [6.07, 6.45) is 1.62. The summed E-state index contributed by atoms with van der Waals surface area (Å²) in [6.45, 7) is 2.25. The van der Waals surface area contributed by atoms with E-state index in [1.54, 1.807) is 14.1 Å². The molecule has 0 atom stereocenters. The van der Waals surface area contributed by atoms with Gasteiger partial charge in [-0.1, -0.05) is 6.92 Å². The fourth-order valence-electron chi connectivity index (χ4n) is 0. The second-order valence-electron chi connectivity index (χ2n) is 1.79. The van der Waals surface area contributed by atoms with Crippen molar-refractivity contribution in [1.29, 1.82) is 0 Å². The molecule has 0 aromatic heterocycles. The number of aliphatic hydroxyl groups excluding tert-OH is 1. The van der Waals surface area contributed by atoms with Crippen LogP contribution in [0.3, 0.4) is 0 Å². The van der Waals surface area contributed by atoms with Gasteiger partial charge in [0.25, 0.3) is 0 Å². The van der Waals surface area contributed by atoms with E-state index in [2.05, 4.69) is 0 Å². The first-order valence-corrected chi connectivity index (χ1v) is 2.91. The summed E-state index contributed by atoms with van der Waals surface area (Å²) in [7, 11) is 3.38. The number of carbonyl (C=O) groups excluding carboxylic acids is 1. The van der Waals surface area contributed by atoms with Crippen LogP contribution in [0, 0.1) is 0 Å². The van der Waals surface area contributed by atoms with Crippen LogP contribution < -0.4 is 0 Å². The summed E-state index contributed by atoms with van der Waals surface area (Å²) in [5.74, 6) is 0. The third-order valence-electron chi connectivity index (χ3n) is 0.434. The standard InChI is InChI=1S/C3H7NO.C3H8O/c1-4(2)3-5;1-2-3-4/h3H,1-2H3;4H,2-3H2,1H3. The number of aliphatic hydroxyl groups is 1. The summed E-state index contributed by atoms with van der Waals surface area (Å²) >= 11 is 0. The third kappa shape index (κ3) is 37.1. The molecule has 0 bridgehead atoms. The zero-order chi connectivity index (χ0) is 7.70. The SMILES string of the molecule is CCCO.CN(C)C=O. The van der Waals surface area contributed by atoms with E-state index in [-0.39, 0.29) is 0 Å². The molecule has 0 fully saturated rings. The summed E-state index contributed by atoms with van der Waals surface area (Å²) in [5, 5.41) is 7.88. The Morgan fingerprint density at radius 2 is 1.78 bits per heavy atom. The molecule has 0 radical (unpaired) electrons. The molecule has 0 saturated heterocycles. The Bertz CT molecular complexity index is 53.0. The van der Waals surface area contributed by atoms with Crippen molar-refractivity contribution < 1.29 is 9.90 Å². The van der Waals surface area contributed by atoms with Crippen molar-refractivity contribution in [1.82, 2.24) is 4.90 Å². The van der Waals surface area contributed by atoms with E-state index < -0.39 is 0 Å². The molecule has 9 heavy (non-hydrogen) atoms. The number of amides is 1. The average molecular weight is 133 g/mol. The first-order chi connectivity index (χ1) is 4.18. The highest BCUT2D eigenvalue weighted by molar-refractivity contribution is 5.45. The smallest absolute Gasteiger partial charge is 0.209 e. The highest BCUT2D eigenvalue weighted by Gasteiger charge is 1.68. The van der Waals surface area contributed by atoms with Gasteiger partial charge in [0.1, 0.15) is 0 Å². The average Bonchev–Trinajstić information content (AvgIpc) is 1.89. The number of rotatable bonds is 2. The van der Waals surface area contributed by atoms with Crippen LogP contribution in [-0.4, -0.2) is 37.1 Å². The molecule has 0 spiro atoms. The van der Waals surface area contributed by atoms with Gasteiger partial charge < -0.3 is 10.0 Å². The third-order valence-corrected chi connectivity index (χ3v) is 0.434. The van der Waals surface area contributed by atoms with E-state index in [1.165, 1.54) is 4.90 Å². The molecule has 0 unspecified atom stereocenters. The van der Waals surface area contributed by atoms with Crippen LogP contribution in [0.25, 0.3) is 0 Å². The van der Waals surface area contributed by atoms with E-state index >= 15 is 0 Å². The first kappa shape index (κ1) is 11.3. The van der Waals surface area contributed by atoms with Gasteiger partial charge >= 0.3 is 0 Å². The quantitative estimate of drug-likeness (QED) is 0.542. The maximum absolute atomic E-state index is 9.43. The van der Waals surface area contributed by atoms with Crippen LogP contribution in [0.15, 0.2) is 0 Å². The Hall–Kier alpha value is -0.570. The van der Waals surface area contributed by atoms with Gasteiger partial charge in [-0.05, 0) is 6.42 Å². The first-order valence-electron chi connectivity index (χ1n) is 2.91. The minimum atomic E-state index is 0.319. The minimum Gasteiger partial charge on any atom is -0.396 e. The normalized spacial score (nSPS) is 7.11. The second-order valence-corrected chi connectivity index (χ2v) is 1.79. The Kier molecular flexibility index (Phi) is 13.0. The summed E-state index contributed by atoms with van der Waals surface area (Å²) in [5.41, 5.74) is 0. The zero-order valence-electron chi connectivity index (χ0n) is 6.29. The van der Waals surface area contributed by atoms with Crippen molar-refractivity contribution in [3.63, 3.8) is 0 Å². The van der Waals surface area contributed by atoms with Gasteiger partial charge in [-0.3, -0.25) is 4.79 Å². The van der Waals surface area contributed by atoms with E-state index in [0.29, 0.717) is 6.61 Å². The molecule has 0 aliphatic heterocycles. The molecular formula is C6H15NO2. The molecule has 3 heteroatoms. The molecule has 0 rings (SSSR count). The molecule has 0 heterocycles. The maximum Gasteiger partial charge on any atom is 0.209 e. The van der Waals surface area contributed by atoms with Gasteiger partial charge in [-0.2, -0.15) is 0 Å². The number of hydrogen-bond donors (Lipinski definition) is 1. The van der Waals surface area contributed by atoms with E-state index in [4.69, 9.17) is 5.11 Å². The van der Waals surface area contributed by atoms with E-state index in [9.17, 15) is 4.79 Å². The monoisotopic (exact) mass is 133 g/mol. The van der Waals surface area contributed by atoms with Crippen LogP contribution in [0.1, 0.15) is 13.3 Å². The highest BCUT2D eigenvalue weighted by atomic mass is 16.2. The van der Waals surface area contributed by atoms with Crippen LogP contribution >= 0.6 is 0 Å². The summed E-state index contributed by atoms with van der Waals surface area (Å²) in [6, 6.07) is 0. The lowest BCUT2D eigenvalue weighted by Gasteiger charge is -1.93. The fraction of sp³-hybridized carbons (Fsp3) is 0.833. The van der Waals surface area contributed by atoms with Gasteiger partial charge in [-0.25, -0.2) is 0 Å². The Balaban J connectivity index is 0. The Morgan fingerprint density at radius 3 is 1.78 bits per heavy atom. The molecule has 1 amide bonds. The molecule has 0 saturated carbocycles. The van der Waals surface area contributed by atoms with Crippen molar-refractivity contribution in [2.24, 2.45) is 0 Å².